The van der Waals surface area contributed by atoms with Crippen LogP contribution in [0.3, 0.4) is 0 Å². The van der Waals surface area contributed by atoms with Gasteiger partial charge in [-0.2, -0.15) is 0 Å². The molecule has 2 amide bonds. The third-order valence-corrected chi connectivity index (χ3v) is 3.21. The highest BCUT2D eigenvalue weighted by Crippen LogP contribution is 2.10. The van der Waals surface area contributed by atoms with Crippen molar-refractivity contribution in [1.82, 2.24) is 10.1 Å². The van der Waals surface area contributed by atoms with E-state index >= 15 is 0 Å². The first-order valence-electron chi connectivity index (χ1n) is 7.09. The lowest BCUT2D eigenvalue weighted by Gasteiger charge is -2.17. The summed E-state index contributed by atoms with van der Waals surface area (Å²) in [6.07, 6.45) is 2.11. The second-order valence-corrected chi connectivity index (χ2v) is 5.34. The Labute approximate surface area is 124 Å². The minimum atomic E-state index is -0.297. The Bertz CT molecular complexity index is 473. The van der Waals surface area contributed by atoms with Gasteiger partial charge in [0.25, 0.3) is 0 Å². The van der Waals surface area contributed by atoms with Crippen LogP contribution in [0.25, 0.3) is 0 Å². The molecule has 7 nitrogen and oxygen atoms in total. The quantitative estimate of drug-likeness (QED) is 0.749. The summed E-state index contributed by atoms with van der Waals surface area (Å²) in [6.45, 7) is 4.43. The number of amides is 2. The first-order chi connectivity index (χ1) is 9.92. The molecule has 21 heavy (non-hydrogen) atoms. The molecule has 0 bridgehead atoms. The molecule has 118 valence electrons. The van der Waals surface area contributed by atoms with Crippen molar-refractivity contribution < 1.29 is 14.1 Å². The number of nitrogens with one attached hydrogen (secondary N) is 1. The van der Waals surface area contributed by atoms with Crippen molar-refractivity contribution >= 4 is 17.6 Å². The van der Waals surface area contributed by atoms with Crippen LogP contribution in [0.15, 0.2) is 10.6 Å². The molecule has 7 heteroatoms. The van der Waals surface area contributed by atoms with Gasteiger partial charge in [0.15, 0.2) is 5.82 Å². The van der Waals surface area contributed by atoms with Crippen molar-refractivity contribution in [3.8, 4) is 0 Å². The zero-order chi connectivity index (χ0) is 15.8. The maximum absolute atomic E-state index is 11.9. The molecule has 0 fully saturated rings. The molecule has 1 unspecified atom stereocenters. The van der Waals surface area contributed by atoms with Crippen LogP contribution in [0.1, 0.15) is 31.9 Å². The monoisotopic (exact) mass is 296 g/mol. The third-order valence-electron chi connectivity index (χ3n) is 3.21. The zero-order valence-corrected chi connectivity index (χ0v) is 12.9. The second kappa shape index (κ2) is 8.41. The van der Waals surface area contributed by atoms with Gasteiger partial charge < -0.3 is 20.5 Å². The standard InChI is InChI=1S/C14H24N4O3/c1-10(6-7-15)4-5-14(20)18(3)9-13(19)16-12-8-11(2)21-17-12/h8,10H,4-7,9,15H2,1-3H3,(H,16,17,19). The summed E-state index contributed by atoms with van der Waals surface area (Å²) in [5, 5.41) is 6.25. The van der Waals surface area contributed by atoms with Crippen molar-refractivity contribution in [2.45, 2.75) is 33.1 Å². The maximum atomic E-state index is 11.9. The lowest BCUT2D eigenvalue weighted by Crippen LogP contribution is -2.35. The molecule has 0 radical (unpaired) electrons. The molecule has 1 rings (SSSR count). The molecule has 0 aliphatic heterocycles. The number of anilines is 1. The molecule has 3 N–H and O–H groups in total. The van der Waals surface area contributed by atoms with Crippen LogP contribution in [-0.2, 0) is 9.59 Å². The Morgan fingerprint density at radius 1 is 1.48 bits per heavy atom. The Balaban J connectivity index is 2.32. The van der Waals surface area contributed by atoms with E-state index in [4.69, 9.17) is 10.3 Å². The number of rotatable bonds is 8. The Morgan fingerprint density at radius 2 is 2.19 bits per heavy atom. The zero-order valence-electron chi connectivity index (χ0n) is 12.9. The number of aryl methyl sites for hydroxylation is 1. The molecular weight excluding hydrogens is 272 g/mol. The number of hydrogen-bond acceptors (Lipinski definition) is 5. The minimum absolute atomic E-state index is 0.00396. The van der Waals surface area contributed by atoms with Crippen molar-refractivity contribution in [3.63, 3.8) is 0 Å². The van der Waals surface area contributed by atoms with E-state index in [9.17, 15) is 9.59 Å². The van der Waals surface area contributed by atoms with E-state index in [0.717, 1.165) is 12.8 Å². The molecule has 0 aromatic carbocycles. The van der Waals surface area contributed by atoms with E-state index < -0.39 is 0 Å². The van der Waals surface area contributed by atoms with Crippen molar-refractivity contribution in [2.75, 3.05) is 25.5 Å². The smallest absolute Gasteiger partial charge is 0.245 e. The van der Waals surface area contributed by atoms with Crippen LogP contribution >= 0.6 is 0 Å². The fourth-order valence-corrected chi connectivity index (χ4v) is 1.90. The number of aromatic nitrogens is 1. The highest BCUT2D eigenvalue weighted by atomic mass is 16.5. The fraction of sp³-hybridized carbons (Fsp3) is 0.643. The normalized spacial score (nSPS) is 12.0. The lowest BCUT2D eigenvalue weighted by atomic mass is 10.0. The van der Waals surface area contributed by atoms with Crippen molar-refractivity contribution in [2.24, 2.45) is 11.7 Å². The first kappa shape index (κ1) is 17.2. The highest BCUT2D eigenvalue weighted by Gasteiger charge is 2.15. The van der Waals surface area contributed by atoms with E-state index in [1.165, 1.54) is 4.90 Å². The number of likely N-dealkylation sites (N-methyl/N-ethyl adjacent to an activating group) is 1. The Morgan fingerprint density at radius 3 is 2.76 bits per heavy atom. The van der Waals surface area contributed by atoms with Crippen LogP contribution in [0, 0.1) is 12.8 Å². The molecule has 1 atom stereocenters. The third kappa shape index (κ3) is 6.40. The summed E-state index contributed by atoms with van der Waals surface area (Å²) >= 11 is 0. The number of hydrogen-bond donors (Lipinski definition) is 2. The molecule has 1 heterocycles. The van der Waals surface area contributed by atoms with Gasteiger partial charge >= 0.3 is 0 Å². The summed E-state index contributed by atoms with van der Waals surface area (Å²) in [6, 6.07) is 1.62. The van der Waals surface area contributed by atoms with Gasteiger partial charge in [0.1, 0.15) is 5.76 Å². The maximum Gasteiger partial charge on any atom is 0.245 e. The lowest BCUT2D eigenvalue weighted by molar-refractivity contribution is -0.133. The molecule has 1 aromatic rings. The Kier molecular flexibility index (Phi) is 6.87. The van der Waals surface area contributed by atoms with Crippen molar-refractivity contribution in [3.05, 3.63) is 11.8 Å². The predicted molar refractivity (Wildman–Crippen MR) is 79.6 cm³/mol. The van der Waals surface area contributed by atoms with Crippen LogP contribution in [0.4, 0.5) is 5.82 Å². The number of carbonyl (C=O) groups excluding carboxylic acids is 2. The van der Waals surface area contributed by atoms with Gasteiger partial charge in [0.2, 0.25) is 11.8 Å². The van der Waals surface area contributed by atoms with Gasteiger partial charge in [0.05, 0.1) is 6.54 Å². The molecule has 0 aliphatic rings. The van der Waals surface area contributed by atoms with Gasteiger partial charge in [-0.3, -0.25) is 9.59 Å². The van der Waals surface area contributed by atoms with Crippen LogP contribution in [0.5, 0.6) is 0 Å². The van der Waals surface area contributed by atoms with Crippen LogP contribution < -0.4 is 11.1 Å². The topological polar surface area (TPSA) is 101 Å². The molecule has 1 aromatic heterocycles. The number of nitrogens with two attached hydrogens (primary N) is 1. The van der Waals surface area contributed by atoms with E-state index in [-0.39, 0.29) is 18.4 Å². The molecular formula is C14H24N4O3. The fourth-order valence-electron chi connectivity index (χ4n) is 1.90. The van der Waals surface area contributed by atoms with Gasteiger partial charge in [-0.05, 0) is 32.2 Å². The minimum Gasteiger partial charge on any atom is -0.360 e. The molecule has 0 aliphatic carbocycles. The van der Waals surface area contributed by atoms with Gasteiger partial charge in [-0.1, -0.05) is 12.1 Å². The van der Waals surface area contributed by atoms with Gasteiger partial charge in [0, 0.05) is 19.5 Å². The van der Waals surface area contributed by atoms with E-state index in [1.807, 2.05) is 0 Å². The number of carbonyl (C=O) groups is 2. The SMILES string of the molecule is Cc1cc(NC(=O)CN(C)C(=O)CCC(C)CCN)no1. The van der Waals surface area contributed by atoms with Crippen LogP contribution in [0.2, 0.25) is 0 Å². The summed E-state index contributed by atoms with van der Waals surface area (Å²) < 4.78 is 4.85. The average Bonchev–Trinajstić information content (AvgIpc) is 2.81. The summed E-state index contributed by atoms with van der Waals surface area (Å²) in [5.74, 6) is 1.04. The first-order valence-corrected chi connectivity index (χ1v) is 7.09. The Hall–Kier alpha value is -1.89. The highest BCUT2D eigenvalue weighted by molar-refractivity contribution is 5.93. The summed E-state index contributed by atoms with van der Waals surface area (Å²) in [4.78, 5) is 25.1. The van der Waals surface area contributed by atoms with Crippen molar-refractivity contribution in [1.29, 1.82) is 0 Å². The summed E-state index contributed by atoms with van der Waals surface area (Å²) in [5.41, 5.74) is 5.47. The van der Waals surface area contributed by atoms with Crippen LogP contribution in [-0.4, -0.2) is 42.0 Å². The average molecular weight is 296 g/mol. The number of nitrogens with zero attached hydrogens (tertiary/aromatic N) is 2. The summed E-state index contributed by atoms with van der Waals surface area (Å²) in [7, 11) is 1.61. The van der Waals surface area contributed by atoms with E-state index in [2.05, 4.69) is 17.4 Å². The van der Waals surface area contributed by atoms with Gasteiger partial charge in [-0.15, -0.1) is 0 Å². The van der Waals surface area contributed by atoms with E-state index in [0.29, 0.717) is 30.5 Å². The predicted octanol–water partition coefficient (Wildman–Crippen LogP) is 1.15. The largest absolute Gasteiger partial charge is 0.360 e. The van der Waals surface area contributed by atoms with E-state index in [1.54, 1.807) is 20.0 Å². The van der Waals surface area contributed by atoms with Gasteiger partial charge in [-0.25, -0.2) is 0 Å². The molecule has 0 saturated heterocycles. The second-order valence-electron chi connectivity index (χ2n) is 5.34. The molecule has 0 saturated carbocycles. The molecule has 0 spiro atoms.